The molecule has 176 valence electrons. The summed E-state index contributed by atoms with van der Waals surface area (Å²) >= 11 is 1.31. The van der Waals surface area contributed by atoms with Crippen LogP contribution in [0.15, 0.2) is 76.6 Å². The Bertz CT molecular complexity index is 1500. The molecule has 0 radical (unpaired) electrons. The van der Waals surface area contributed by atoms with Crippen LogP contribution in [0.25, 0.3) is 17.0 Å². The van der Waals surface area contributed by atoms with Crippen molar-refractivity contribution in [3.05, 3.63) is 99.8 Å². The molecule has 0 spiro atoms. The van der Waals surface area contributed by atoms with Gasteiger partial charge in [-0.3, -0.25) is 4.79 Å². The number of para-hydroxylation sites is 1. The molecule has 2 heterocycles. The van der Waals surface area contributed by atoms with Crippen LogP contribution in [0.4, 0.5) is 10.1 Å². The highest BCUT2D eigenvalue weighted by Crippen LogP contribution is 2.35. The van der Waals surface area contributed by atoms with E-state index in [2.05, 4.69) is 27.0 Å². The van der Waals surface area contributed by atoms with Crippen molar-refractivity contribution in [2.24, 2.45) is 4.99 Å². The van der Waals surface area contributed by atoms with E-state index in [1.165, 1.54) is 23.9 Å². The second-order valence-electron chi connectivity index (χ2n) is 8.39. The number of benzene rings is 3. The van der Waals surface area contributed by atoms with Gasteiger partial charge in [-0.2, -0.15) is 0 Å². The van der Waals surface area contributed by atoms with Crippen molar-refractivity contribution in [1.82, 2.24) is 9.88 Å². The Hall–Kier alpha value is -3.84. The molecule has 1 N–H and O–H groups in total. The van der Waals surface area contributed by atoms with E-state index in [4.69, 9.17) is 4.74 Å². The first-order valence-corrected chi connectivity index (χ1v) is 12.0. The molecule has 0 bridgehead atoms. The molecule has 1 aliphatic rings. The third-order valence-electron chi connectivity index (χ3n) is 6.02. The van der Waals surface area contributed by atoms with Gasteiger partial charge < -0.3 is 14.6 Å². The Morgan fingerprint density at radius 3 is 2.63 bits per heavy atom. The molecule has 0 atom stereocenters. The van der Waals surface area contributed by atoms with Crippen LogP contribution >= 0.6 is 11.8 Å². The van der Waals surface area contributed by atoms with Crippen LogP contribution in [0.2, 0.25) is 0 Å². The number of aryl methyl sites for hydroxylation is 1. The molecule has 7 heteroatoms. The van der Waals surface area contributed by atoms with E-state index in [1.54, 1.807) is 19.2 Å². The third-order valence-corrected chi connectivity index (χ3v) is 6.93. The quantitative estimate of drug-likeness (QED) is 0.335. The van der Waals surface area contributed by atoms with Crippen molar-refractivity contribution in [3.63, 3.8) is 0 Å². The monoisotopic (exact) mass is 485 g/mol. The molecule has 5 rings (SSSR count). The summed E-state index contributed by atoms with van der Waals surface area (Å²) in [6, 6.07) is 20.4. The van der Waals surface area contributed by atoms with Gasteiger partial charge in [0.25, 0.3) is 5.91 Å². The molecule has 1 fully saturated rings. The summed E-state index contributed by atoms with van der Waals surface area (Å²) in [4.78, 5) is 18.0. The largest absolute Gasteiger partial charge is 0.494 e. The number of halogens is 1. The average molecular weight is 486 g/mol. The lowest BCUT2D eigenvalue weighted by Crippen LogP contribution is -2.19. The first-order chi connectivity index (χ1) is 16.9. The number of carbonyl (C=O) groups is 1. The van der Waals surface area contributed by atoms with Crippen molar-refractivity contribution >= 4 is 45.5 Å². The lowest BCUT2D eigenvalue weighted by atomic mass is 10.1. The number of fused-ring (bicyclic) bond motifs is 1. The molecule has 1 aliphatic heterocycles. The van der Waals surface area contributed by atoms with Crippen molar-refractivity contribution < 1.29 is 13.9 Å². The average Bonchev–Trinajstić information content (AvgIpc) is 3.32. The third kappa shape index (κ3) is 4.59. The zero-order chi connectivity index (χ0) is 24.5. The summed E-state index contributed by atoms with van der Waals surface area (Å²) in [6.07, 6.45) is 1.93. The molecule has 1 aromatic heterocycles. The minimum atomic E-state index is -0.252. The van der Waals surface area contributed by atoms with Gasteiger partial charge in [-0.15, -0.1) is 0 Å². The highest BCUT2D eigenvalue weighted by Gasteiger charge is 2.25. The van der Waals surface area contributed by atoms with Crippen molar-refractivity contribution in [2.75, 3.05) is 7.11 Å². The molecule has 5 nitrogen and oxygen atoms in total. The maximum Gasteiger partial charge on any atom is 0.264 e. The van der Waals surface area contributed by atoms with Crippen LogP contribution < -0.4 is 10.1 Å². The number of amidine groups is 1. The second-order valence-corrected chi connectivity index (χ2v) is 9.42. The summed E-state index contributed by atoms with van der Waals surface area (Å²) in [5.41, 5.74) is 5.80. The Morgan fingerprint density at radius 2 is 1.86 bits per heavy atom. The van der Waals surface area contributed by atoms with E-state index in [9.17, 15) is 9.18 Å². The van der Waals surface area contributed by atoms with E-state index in [0.717, 1.165) is 33.3 Å². The number of carbonyl (C=O) groups excluding carboxylic acids is 1. The van der Waals surface area contributed by atoms with Crippen molar-refractivity contribution in [2.45, 2.75) is 20.4 Å². The number of nitrogens with zero attached hydrogens (tertiary/aromatic N) is 2. The number of nitrogens with one attached hydrogen (secondary N) is 1. The molecule has 35 heavy (non-hydrogen) atoms. The fraction of sp³-hybridized carbons (Fsp3) is 0.143. The summed E-state index contributed by atoms with van der Waals surface area (Å²) in [5.74, 6) is 0.212. The molecule has 3 aromatic carbocycles. The Morgan fingerprint density at radius 1 is 1.09 bits per heavy atom. The smallest absolute Gasteiger partial charge is 0.264 e. The lowest BCUT2D eigenvalue weighted by molar-refractivity contribution is -0.115. The van der Waals surface area contributed by atoms with Crippen LogP contribution in [0.3, 0.4) is 0 Å². The standard InChI is InChI=1S/C28H24FN3O2S/c1-17-8-13-25(34-3)23(14-17)30-28-31-27(33)26(35-28)15-22-18(2)32(24-7-5-4-6-21(22)24)16-19-9-11-20(29)12-10-19/h4-15H,16H2,1-3H3,(H,30,31,33)/b26-15-. The topological polar surface area (TPSA) is 55.6 Å². The Balaban J connectivity index is 1.52. The molecule has 1 amide bonds. The number of hydrogen-bond donors (Lipinski definition) is 1. The molecule has 1 saturated heterocycles. The number of amides is 1. The Labute approximate surface area is 207 Å². The molecule has 4 aromatic rings. The maximum absolute atomic E-state index is 13.4. The zero-order valence-corrected chi connectivity index (χ0v) is 20.4. The predicted molar refractivity (Wildman–Crippen MR) is 141 cm³/mol. The van der Waals surface area contributed by atoms with Gasteiger partial charge >= 0.3 is 0 Å². The van der Waals surface area contributed by atoms with Crippen LogP contribution in [-0.2, 0) is 11.3 Å². The molecule has 0 unspecified atom stereocenters. The van der Waals surface area contributed by atoms with E-state index in [-0.39, 0.29) is 11.7 Å². The molecule has 0 aliphatic carbocycles. The van der Waals surface area contributed by atoms with Gasteiger partial charge in [0.05, 0.1) is 12.0 Å². The number of methoxy groups -OCH3 is 1. The highest BCUT2D eigenvalue weighted by atomic mass is 32.2. The fourth-order valence-corrected chi connectivity index (χ4v) is 5.04. The highest BCUT2D eigenvalue weighted by molar-refractivity contribution is 8.18. The number of thioether (sulfide) groups is 1. The van der Waals surface area contributed by atoms with E-state index < -0.39 is 0 Å². The maximum atomic E-state index is 13.4. The number of hydrogen-bond acceptors (Lipinski definition) is 4. The molecular weight excluding hydrogens is 461 g/mol. The summed E-state index contributed by atoms with van der Waals surface area (Å²) in [6.45, 7) is 4.63. The van der Waals surface area contributed by atoms with E-state index >= 15 is 0 Å². The van der Waals surface area contributed by atoms with Gasteiger partial charge in [0.1, 0.15) is 17.3 Å². The van der Waals surface area contributed by atoms with Crippen molar-refractivity contribution in [1.29, 1.82) is 0 Å². The van der Waals surface area contributed by atoms with Gasteiger partial charge in [0.15, 0.2) is 5.17 Å². The fourth-order valence-electron chi connectivity index (χ4n) is 4.22. The van der Waals surface area contributed by atoms with Gasteiger partial charge in [0, 0.05) is 28.7 Å². The summed E-state index contributed by atoms with van der Waals surface area (Å²) in [5, 5.41) is 4.44. The first-order valence-electron chi connectivity index (χ1n) is 11.2. The van der Waals surface area contributed by atoms with Gasteiger partial charge in [-0.05, 0) is 73.1 Å². The number of aromatic nitrogens is 1. The van der Waals surface area contributed by atoms with Crippen LogP contribution in [0, 0.1) is 19.7 Å². The second kappa shape index (κ2) is 9.43. The van der Waals surface area contributed by atoms with Gasteiger partial charge in [-0.1, -0.05) is 36.4 Å². The predicted octanol–water partition coefficient (Wildman–Crippen LogP) is 6.35. The van der Waals surface area contributed by atoms with E-state index in [0.29, 0.717) is 28.1 Å². The summed E-state index contributed by atoms with van der Waals surface area (Å²) < 4.78 is 21.0. The minimum absolute atomic E-state index is 0.185. The van der Waals surface area contributed by atoms with Gasteiger partial charge in [-0.25, -0.2) is 9.38 Å². The van der Waals surface area contributed by atoms with Crippen LogP contribution in [-0.4, -0.2) is 22.8 Å². The van der Waals surface area contributed by atoms with Crippen LogP contribution in [0.1, 0.15) is 22.4 Å². The van der Waals surface area contributed by atoms with Gasteiger partial charge in [0.2, 0.25) is 0 Å². The molecular formula is C28H24FN3O2S. The number of rotatable bonds is 5. The SMILES string of the molecule is COc1ccc(C)cc1N=C1NC(=O)/C(=C/c2c(C)n(Cc3ccc(F)cc3)c3ccccc23)S1. The lowest BCUT2D eigenvalue weighted by Gasteiger charge is -2.09. The Kier molecular flexibility index (Phi) is 6.17. The first kappa shape index (κ1) is 22.9. The number of ether oxygens (including phenoxy) is 1. The molecule has 0 saturated carbocycles. The van der Waals surface area contributed by atoms with Crippen LogP contribution in [0.5, 0.6) is 5.75 Å². The normalized spacial score (nSPS) is 15.8. The minimum Gasteiger partial charge on any atom is -0.494 e. The van der Waals surface area contributed by atoms with Crippen molar-refractivity contribution in [3.8, 4) is 5.75 Å². The summed E-state index contributed by atoms with van der Waals surface area (Å²) in [7, 11) is 1.60. The zero-order valence-electron chi connectivity index (χ0n) is 19.6. The van der Waals surface area contributed by atoms with E-state index in [1.807, 2.05) is 50.3 Å². The number of aliphatic imine (C=N–C) groups is 1.